The average Bonchev–Trinajstić information content (AvgIpc) is 3.09. The Morgan fingerprint density at radius 2 is 1.79 bits per heavy atom. The Morgan fingerprint density at radius 1 is 1.10 bits per heavy atom. The van der Waals surface area contributed by atoms with Crippen molar-refractivity contribution in [3.63, 3.8) is 0 Å². The zero-order valence-corrected chi connectivity index (χ0v) is 17.6. The zero-order valence-electron chi connectivity index (χ0n) is 16.9. The molecule has 0 aliphatic rings. The summed E-state index contributed by atoms with van der Waals surface area (Å²) >= 11 is 5.93. The molecule has 152 valence electrons. The fourth-order valence-corrected chi connectivity index (χ4v) is 3.17. The number of halogens is 1. The van der Waals surface area contributed by atoms with Gasteiger partial charge in [-0.3, -0.25) is 9.89 Å². The van der Waals surface area contributed by atoms with Crippen LogP contribution < -0.4 is 14.8 Å². The summed E-state index contributed by atoms with van der Waals surface area (Å²) in [4.78, 5) is 12.8. The second-order valence-corrected chi connectivity index (χ2v) is 7.49. The molecule has 0 saturated heterocycles. The topological polar surface area (TPSA) is 76.2 Å². The number of aromatic nitrogens is 2. The average molecular weight is 414 g/mol. The van der Waals surface area contributed by atoms with Gasteiger partial charge in [0.15, 0.2) is 11.5 Å². The van der Waals surface area contributed by atoms with Crippen LogP contribution in [0.3, 0.4) is 0 Å². The lowest BCUT2D eigenvalue weighted by Gasteiger charge is -2.12. The van der Waals surface area contributed by atoms with Crippen molar-refractivity contribution in [2.75, 3.05) is 19.5 Å². The molecule has 0 spiro atoms. The number of anilines is 1. The van der Waals surface area contributed by atoms with Crippen LogP contribution in [0.2, 0.25) is 5.02 Å². The summed E-state index contributed by atoms with van der Waals surface area (Å²) in [5.74, 6) is 1.38. The summed E-state index contributed by atoms with van der Waals surface area (Å²) in [6.07, 6.45) is 0.747. The van der Waals surface area contributed by atoms with Crippen LogP contribution in [0.15, 0.2) is 42.5 Å². The number of nitrogens with zero attached hydrogens (tertiary/aromatic N) is 1. The Hall–Kier alpha value is -2.99. The number of benzene rings is 2. The van der Waals surface area contributed by atoms with Crippen LogP contribution in [0.5, 0.6) is 11.5 Å². The normalized spacial score (nSPS) is 10.8. The van der Waals surface area contributed by atoms with Gasteiger partial charge in [0.1, 0.15) is 5.69 Å². The van der Waals surface area contributed by atoms with E-state index in [1.807, 2.05) is 18.2 Å². The van der Waals surface area contributed by atoms with Gasteiger partial charge in [-0.15, -0.1) is 0 Å². The van der Waals surface area contributed by atoms with Crippen LogP contribution in [0.1, 0.15) is 29.9 Å². The van der Waals surface area contributed by atoms with Gasteiger partial charge in [0.2, 0.25) is 0 Å². The van der Waals surface area contributed by atoms with Crippen LogP contribution in [-0.2, 0) is 6.42 Å². The van der Waals surface area contributed by atoms with Gasteiger partial charge >= 0.3 is 0 Å². The van der Waals surface area contributed by atoms with E-state index >= 15 is 0 Å². The first-order valence-electron chi connectivity index (χ1n) is 9.29. The predicted octanol–water partition coefficient (Wildman–Crippen LogP) is 5.20. The highest BCUT2D eigenvalue weighted by molar-refractivity contribution is 6.30. The molecule has 0 aliphatic heterocycles. The molecular weight excluding hydrogens is 390 g/mol. The van der Waals surface area contributed by atoms with E-state index in [0.29, 0.717) is 39.4 Å². The largest absolute Gasteiger partial charge is 0.493 e. The molecule has 6 nitrogen and oxygen atoms in total. The zero-order chi connectivity index (χ0) is 21.0. The summed E-state index contributed by atoms with van der Waals surface area (Å²) in [6.45, 7) is 4.23. The Morgan fingerprint density at radius 3 is 2.41 bits per heavy atom. The highest BCUT2D eigenvalue weighted by Gasteiger charge is 2.20. The van der Waals surface area contributed by atoms with Gasteiger partial charge in [0.25, 0.3) is 5.91 Å². The Bertz CT molecular complexity index is 997. The van der Waals surface area contributed by atoms with Gasteiger partial charge in [-0.1, -0.05) is 25.4 Å². The van der Waals surface area contributed by atoms with Gasteiger partial charge < -0.3 is 14.8 Å². The van der Waals surface area contributed by atoms with Gasteiger partial charge in [-0.05, 0) is 54.8 Å². The lowest BCUT2D eigenvalue weighted by atomic mass is 10.0. The molecule has 0 fully saturated rings. The van der Waals surface area contributed by atoms with Gasteiger partial charge in [0, 0.05) is 16.1 Å². The molecule has 1 aromatic heterocycles. The molecule has 0 radical (unpaired) electrons. The maximum atomic E-state index is 12.8. The maximum Gasteiger partial charge on any atom is 0.255 e. The second kappa shape index (κ2) is 9.01. The number of hydrogen-bond donors (Lipinski definition) is 2. The molecule has 1 heterocycles. The third kappa shape index (κ3) is 4.71. The summed E-state index contributed by atoms with van der Waals surface area (Å²) in [7, 11) is 3.17. The molecule has 29 heavy (non-hydrogen) atoms. The Kier molecular flexibility index (Phi) is 6.44. The van der Waals surface area contributed by atoms with Crippen molar-refractivity contribution in [3.05, 3.63) is 58.7 Å². The van der Waals surface area contributed by atoms with E-state index in [9.17, 15) is 4.79 Å². The Balaban J connectivity index is 2.01. The van der Waals surface area contributed by atoms with Crippen LogP contribution in [0.4, 0.5) is 5.69 Å². The van der Waals surface area contributed by atoms with E-state index in [2.05, 4.69) is 29.4 Å². The molecule has 0 saturated carbocycles. The summed E-state index contributed by atoms with van der Waals surface area (Å²) in [5, 5.41) is 11.1. The SMILES string of the molecule is COc1ccc(-c2n[nH]c(CC(C)C)c2NC(=O)c2ccc(Cl)cc2)cc1OC. The molecule has 7 heteroatoms. The van der Waals surface area contributed by atoms with Crippen molar-refractivity contribution in [1.29, 1.82) is 0 Å². The number of ether oxygens (including phenoxy) is 2. The van der Waals surface area contributed by atoms with Crippen molar-refractivity contribution in [1.82, 2.24) is 10.2 Å². The molecule has 3 aromatic rings. The van der Waals surface area contributed by atoms with Crippen molar-refractivity contribution >= 4 is 23.2 Å². The van der Waals surface area contributed by atoms with Crippen LogP contribution in [-0.4, -0.2) is 30.3 Å². The van der Waals surface area contributed by atoms with E-state index in [1.54, 1.807) is 38.5 Å². The predicted molar refractivity (Wildman–Crippen MR) is 115 cm³/mol. The molecule has 1 amide bonds. The van der Waals surface area contributed by atoms with Crippen LogP contribution in [0, 0.1) is 5.92 Å². The summed E-state index contributed by atoms with van der Waals surface area (Å²) < 4.78 is 10.7. The molecule has 0 bridgehead atoms. The van der Waals surface area contributed by atoms with E-state index < -0.39 is 0 Å². The lowest BCUT2D eigenvalue weighted by molar-refractivity contribution is 0.102. The first-order valence-corrected chi connectivity index (χ1v) is 9.67. The summed E-state index contributed by atoms with van der Waals surface area (Å²) in [6, 6.07) is 12.3. The number of hydrogen-bond acceptors (Lipinski definition) is 4. The van der Waals surface area contributed by atoms with Crippen molar-refractivity contribution < 1.29 is 14.3 Å². The Labute approximate surface area is 175 Å². The third-order valence-electron chi connectivity index (χ3n) is 4.46. The minimum absolute atomic E-state index is 0.227. The molecular formula is C22H24ClN3O3. The first-order chi connectivity index (χ1) is 13.9. The van der Waals surface area contributed by atoms with Crippen LogP contribution >= 0.6 is 11.6 Å². The van der Waals surface area contributed by atoms with E-state index in [-0.39, 0.29) is 5.91 Å². The second-order valence-electron chi connectivity index (χ2n) is 7.05. The number of rotatable bonds is 7. The molecule has 0 aliphatic carbocycles. The maximum absolute atomic E-state index is 12.8. The number of carbonyl (C=O) groups excluding carboxylic acids is 1. The van der Waals surface area contributed by atoms with E-state index in [4.69, 9.17) is 21.1 Å². The highest BCUT2D eigenvalue weighted by atomic mass is 35.5. The first kappa shape index (κ1) is 20.7. The molecule has 0 atom stereocenters. The standard InChI is InChI=1S/C22H24ClN3O3/c1-13(2)11-17-21(24-22(27)14-5-8-16(23)9-6-14)20(26-25-17)15-7-10-18(28-3)19(12-15)29-4/h5-10,12-13H,11H2,1-4H3,(H,24,27)(H,25,26). The minimum atomic E-state index is -0.227. The van der Waals surface area contributed by atoms with Crippen molar-refractivity contribution in [3.8, 4) is 22.8 Å². The van der Waals surface area contributed by atoms with E-state index in [0.717, 1.165) is 17.7 Å². The third-order valence-corrected chi connectivity index (χ3v) is 4.71. The number of H-pyrrole nitrogens is 1. The quantitative estimate of drug-likeness (QED) is 0.558. The molecule has 2 aromatic carbocycles. The van der Waals surface area contributed by atoms with Crippen molar-refractivity contribution in [2.45, 2.75) is 20.3 Å². The molecule has 3 rings (SSSR count). The molecule has 0 unspecified atom stereocenters. The number of aromatic amines is 1. The number of nitrogens with one attached hydrogen (secondary N) is 2. The van der Waals surface area contributed by atoms with E-state index in [1.165, 1.54) is 0 Å². The molecule has 2 N–H and O–H groups in total. The van der Waals surface area contributed by atoms with Gasteiger partial charge in [0.05, 0.1) is 25.6 Å². The fraction of sp³-hybridized carbons (Fsp3) is 0.273. The number of amides is 1. The summed E-state index contributed by atoms with van der Waals surface area (Å²) in [5.41, 5.74) is 3.49. The lowest BCUT2D eigenvalue weighted by Crippen LogP contribution is -2.14. The highest BCUT2D eigenvalue weighted by Crippen LogP contribution is 2.36. The number of methoxy groups -OCH3 is 2. The smallest absolute Gasteiger partial charge is 0.255 e. The fourth-order valence-electron chi connectivity index (χ4n) is 3.05. The number of carbonyl (C=O) groups is 1. The minimum Gasteiger partial charge on any atom is -0.493 e. The van der Waals surface area contributed by atoms with Crippen molar-refractivity contribution in [2.24, 2.45) is 5.92 Å². The monoisotopic (exact) mass is 413 g/mol. The van der Waals surface area contributed by atoms with Gasteiger partial charge in [-0.25, -0.2) is 0 Å². The van der Waals surface area contributed by atoms with Gasteiger partial charge in [-0.2, -0.15) is 5.10 Å². The van der Waals surface area contributed by atoms with Crippen LogP contribution in [0.25, 0.3) is 11.3 Å².